The molecule has 0 fully saturated rings. The molecule has 0 saturated carbocycles. The van der Waals surface area contributed by atoms with Crippen molar-refractivity contribution >= 4 is 17.2 Å². The van der Waals surface area contributed by atoms with E-state index >= 15 is 0 Å². The fourth-order valence-electron chi connectivity index (χ4n) is 3.55. The summed E-state index contributed by atoms with van der Waals surface area (Å²) in [6.07, 6.45) is 3.56. The fraction of sp³-hybridized carbons (Fsp3) is 0.0417. The van der Waals surface area contributed by atoms with Gasteiger partial charge >= 0.3 is 6.18 Å². The molecule has 168 valence electrons. The Bertz CT molecular complexity index is 1500. The predicted molar refractivity (Wildman–Crippen MR) is 119 cm³/mol. The molecule has 0 aliphatic heterocycles. The monoisotopic (exact) mass is 460 g/mol. The topological polar surface area (TPSA) is 85.1 Å². The third-order valence-corrected chi connectivity index (χ3v) is 5.14. The van der Waals surface area contributed by atoms with Crippen molar-refractivity contribution in [2.24, 2.45) is 0 Å². The largest absolute Gasteiger partial charge is 0.416 e. The molecular weight excluding hydrogens is 445 g/mol. The van der Waals surface area contributed by atoms with E-state index in [4.69, 9.17) is 0 Å². The lowest BCUT2D eigenvalue weighted by atomic mass is 10.1. The van der Waals surface area contributed by atoms with Crippen LogP contribution in [0.4, 0.5) is 18.9 Å². The van der Waals surface area contributed by atoms with Gasteiger partial charge in [-0.3, -0.25) is 4.79 Å². The zero-order chi connectivity index (χ0) is 23.7. The van der Waals surface area contributed by atoms with Crippen molar-refractivity contribution in [2.45, 2.75) is 6.18 Å². The lowest BCUT2D eigenvalue weighted by molar-refractivity contribution is -0.137. The molecule has 2 aromatic carbocycles. The van der Waals surface area contributed by atoms with Gasteiger partial charge in [0, 0.05) is 46.5 Å². The van der Waals surface area contributed by atoms with E-state index in [2.05, 4.69) is 25.4 Å². The molecule has 1 amide bonds. The Kier molecular flexibility index (Phi) is 5.25. The van der Waals surface area contributed by atoms with E-state index in [0.717, 1.165) is 28.8 Å². The van der Waals surface area contributed by atoms with Crippen molar-refractivity contribution < 1.29 is 18.0 Å². The van der Waals surface area contributed by atoms with Crippen molar-refractivity contribution in [3.8, 4) is 22.4 Å². The van der Waals surface area contributed by atoms with E-state index in [1.54, 1.807) is 53.6 Å². The number of benzene rings is 2. The molecule has 0 saturated heterocycles. The van der Waals surface area contributed by atoms with E-state index in [1.165, 1.54) is 18.5 Å². The van der Waals surface area contributed by atoms with Crippen LogP contribution in [0.5, 0.6) is 0 Å². The van der Waals surface area contributed by atoms with Crippen LogP contribution in [0.25, 0.3) is 28.0 Å². The summed E-state index contributed by atoms with van der Waals surface area (Å²) >= 11 is 0. The van der Waals surface area contributed by atoms with Crippen LogP contribution < -0.4 is 5.32 Å². The lowest BCUT2D eigenvalue weighted by Gasteiger charge is -2.11. The van der Waals surface area contributed by atoms with E-state index in [9.17, 15) is 18.0 Å². The maximum Gasteiger partial charge on any atom is 0.416 e. The zero-order valence-electron chi connectivity index (χ0n) is 17.4. The number of amides is 1. The van der Waals surface area contributed by atoms with Gasteiger partial charge in [-0.05, 0) is 36.4 Å². The minimum absolute atomic E-state index is 0.0895. The maximum atomic E-state index is 13.0. The molecule has 5 rings (SSSR count). The molecule has 0 aliphatic carbocycles. The maximum absolute atomic E-state index is 13.0. The molecule has 0 unspecified atom stereocenters. The highest BCUT2D eigenvalue weighted by atomic mass is 19.4. The zero-order valence-corrected chi connectivity index (χ0v) is 17.4. The van der Waals surface area contributed by atoms with Crippen LogP contribution in [0.3, 0.4) is 0 Å². The van der Waals surface area contributed by atoms with Crippen molar-refractivity contribution in [3.05, 3.63) is 96.8 Å². The van der Waals surface area contributed by atoms with Crippen LogP contribution in [0, 0.1) is 0 Å². The highest BCUT2D eigenvalue weighted by Crippen LogP contribution is 2.30. The van der Waals surface area contributed by atoms with Gasteiger partial charge in [-0.15, -0.1) is 0 Å². The first-order chi connectivity index (χ1) is 16.4. The van der Waals surface area contributed by atoms with E-state index < -0.39 is 17.6 Å². The van der Waals surface area contributed by atoms with Gasteiger partial charge in [0.1, 0.15) is 6.33 Å². The molecule has 3 aromatic heterocycles. The number of rotatable bonds is 4. The number of halogens is 3. The molecule has 34 heavy (non-hydrogen) atoms. The van der Waals surface area contributed by atoms with Gasteiger partial charge in [-0.1, -0.05) is 18.2 Å². The molecule has 0 atom stereocenters. The quantitative estimate of drug-likeness (QED) is 0.402. The van der Waals surface area contributed by atoms with Crippen LogP contribution >= 0.6 is 0 Å². The minimum Gasteiger partial charge on any atom is -0.322 e. The highest BCUT2D eigenvalue weighted by Gasteiger charge is 2.30. The lowest BCUT2D eigenvalue weighted by Crippen LogP contribution is -2.14. The highest BCUT2D eigenvalue weighted by molar-refractivity contribution is 6.04. The molecular formula is C24H15F3N6O. The third-order valence-electron chi connectivity index (χ3n) is 5.14. The number of carbonyl (C=O) groups excluding carboxylic acids is 1. The smallest absolute Gasteiger partial charge is 0.322 e. The van der Waals surface area contributed by atoms with E-state index in [-0.39, 0.29) is 5.56 Å². The average Bonchev–Trinajstić information content (AvgIpc) is 3.29. The first-order valence-electron chi connectivity index (χ1n) is 10.1. The Hall–Kier alpha value is -4.60. The van der Waals surface area contributed by atoms with Crippen molar-refractivity contribution in [1.29, 1.82) is 0 Å². The van der Waals surface area contributed by atoms with Crippen LogP contribution in [-0.4, -0.2) is 30.5 Å². The minimum atomic E-state index is -4.53. The molecule has 0 bridgehead atoms. The average molecular weight is 460 g/mol. The first kappa shape index (κ1) is 21.3. The SMILES string of the molecule is O=C(Nc1cccc(-c2ccnc3c(-c4cncnc4)cnn23)c1)c1cccc(C(F)(F)F)c1. The number of nitrogens with one attached hydrogen (secondary N) is 1. The number of anilines is 1. The second-order valence-corrected chi connectivity index (χ2v) is 7.36. The summed E-state index contributed by atoms with van der Waals surface area (Å²) in [4.78, 5) is 25.1. The number of nitrogens with zero attached hydrogens (tertiary/aromatic N) is 5. The van der Waals surface area contributed by atoms with Crippen LogP contribution in [-0.2, 0) is 6.18 Å². The molecule has 0 spiro atoms. The number of hydrogen-bond acceptors (Lipinski definition) is 5. The normalized spacial score (nSPS) is 11.5. The standard InChI is InChI=1S/C24H15F3N6O/c25-24(26,27)18-5-1-4-16(9-18)23(34)32-19-6-2-3-15(10-19)21-7-8-30-22-20(13-31-33(21)22)17-11-28-14-29-12-17/h1-14H,(H,32,34). The van der Waals surface area contributed by atoms with E-state index in [1.807, 2.05) is 6.07 Å². The summed E-state index contributed by atoms with van der Waals surface area (Å²) in [5, 5.41) is 7.11. The van der Waals surface area contributed by atoms with Crippen molar-refractivity contribution in [3.63, 3.8) is 0 Å². The Morgan fingerprint density at radius 1 is 0.912 bits per heavy atom. The third kappa shape index (κ3) is 4.08. The summed E-state index contributed by atoms with van der Waals surface area (Å²) in [6, 6.07) is 13.0. The fourth-order valence-corrected chi connectivity index (χ4v) is 3.55. The Labute approximate surface area is 191 Å². The van der Waals surface area contributed by atoms with E-state index in [0.29, 0.717) is 17.0 Å². The van der Waals surface area contributed by atoms with Gasteiger partial charge < -0.3 is 5.32 Å². The second-order valence-electron chi connectivity index (χ2n) is 7.36. The van der Waals surface area contributed by atoms with Crippen molar-refractivity contribution in [1.82, 2.24) is 24.6 Å². The summed E-state index contributed by atoms with van der Waals surface area (Å²) in [6.45, 7) is 0. The molecule has 3 heterocycles. The predicted octanol–water partition coefficient (Wildman–Crippen LogP) is 5.12. The Morgan fingerprint density at radius 3 is 2.50 bits per heavy atom. The molecule has 7 nitrogen and oxygen atoms in total. The van der Waals surface area contributed by atoms with Crippen LogP contribution in [0.2, 0.25) is 0 Å². The molecule has 5 aromatic rings. The van der Waals surface area contributed by atoms with Crippen LogP contribution in [0.1, 0.15) is 15.9 Å². The number of hydrogen-bond donors (Lipinski definition) is 1. The molecule has 0 radical (unpaired) electrons. The van der Waals surface area contributed by atoms with Crippen molar-refractivity contribution in [2.75, 3.05) is 5.32 Å². The summed E-state index contributed by atoms with van der Waals surface area (Å²) in [5.74, 6) is -0.645. The number of aromatic nitrogens is 5. The van der Waals surface area contributed by atoms with Crippen LogP contribution in [0.15, 0.2) is 85.7 Å². The van der Waals surface area contributed by atoms with Gasteiger partial charge in [0.25, 0.3) is 5.91 Å². The molecule has 10 heteroatoms. The molecule has 1 N–H and O–H groups in total. The molecule has 0 aliphatic rings. The summed E-state index contributed by atoms with van der Waals surface area (Å²) in [7, 11) is 0. The van der Waals surface area contributed by atoms with Gasteiger partial charge in [0.15, 0.2) is 5.65 Å². The summed E-state index contributed by atoms with van der Waals surface area (Å²) in [5.41, 5.74) is 3.02. The number of fused-ring (bicyclic) bond motifs is 1. The number of alkyl halides is 3. The second kappa shape index (κ2) is 8.39. The van der Waals surface area contributed by atoms with Gasteiger partial charge in [-0.25, -0.2) is 19.5 Å². The number of carbonyl (C=O) groups is 1. The first-order valence-corrected chi connectivity index (χ1v) is 10.1. The van der Waals surface area contributed by atoms with Gasteiger partial charge in [0.05, 0.1) is 17.5 Å². The van der Waals surface area contributed by atoms with Gasteiger partial charge in [-0.2, -0.15) is 18.3 Å². The Morgan fingerprint density at radius 2 is 1.71 bits per heavy atom. The Balaban J connectivity index is 1.46. The van der Waals surface area contributed by atoms with Gasteiger partial charge in [0.2, 0.25) is 0 Å². The summed E-state index contributed by atoms with van der Waals surface area (Å²) < 4.78 is 40.6.